The third kappa shape index (κ3) is 5.52. The number of likely N-dealkylation sites (N-methyl/N-ethyl adjacent to an activating group) is 1. The van der Waals surface area contributed by atoms with E-state index in [1.165, 1.54) is 0 Å². The zero-order valence-electron chi connectivity index (χ0n) is 27.3. The molecule has 1 aromatic heterocycles. The van der Waals surface area contributed by atoms with Crippen molar-refractivity contribution in [2.75, 3.05) is 49.8 Å². The maximum atomic E-state index is 14.0. The van der Waals surface area contributed by atoms with Crippen molar-refractivity contribution in [3.05, 3.63) is 79.2 Å². The average molecular weight is 647 g/mol. The molecule has 2 fully saturated rings. The number of hydrogen-bond donors (Lipinski definition) is 2. The molecule has 3 aromatic rings. The summed E-state index contributed by atoms with van der Waals surface area (Å²) in [5.41, 5.74) is 6.84. The lowest BCUT2D eigenvalue weighted by molar-refractivity contribution is -0.126. The van der Waals surface area contributed by atoms with Gasteiger partial charge in [0.05, 0.1) is 16.0 Å². The first-order valence-corrected chi connectivity index (χ1v) is 16.6. The molecular weight excluding hydrogens is 604 g/mol. The molecule has 10 heteroatoms. The van der Waals surface area contributed by atoms with Gasteiger partial charge in [0.1, 0.15) is 0 Å². The fraction of sp³-hybridized carbons (Fsp3) is 0.472. The van der Waals surface area contributed by atoms with E-state index in [-0.39, 0.29) is 30.0 Å². The largest absolute Gasteiger partial charge is 0.381 e. The van der Waals surface area contributed by atoms with Gasteiger partial charge in [0.2, 0.25) is 5.91 Å². The lowest BCUT2D eigenvalue weighted by Crippen LogP contribution is -2.42. The van der Waals surface area contributed by atoms with Gasteiger partial charge in [-0.1, -0.05) is 23.7 Å². The van der Waals surface area contributed by atoms with Gasteiger partial charge >= 0.3 is 0 Å². The Hall–Kier alpha value is -3.66. The van der Waals surface area contributed by atoms with Crippen molar-refractivity contribution >= 4 is 34.8 Å². The molecule has 0 aliphatic carbocycles. The van der Waals surface area contributed by atoms with E-state index < -0.39 is 5.41 Å². The van der Waals surface area contributed by atoms with Crippen LogP contribution < -0.4 is 20.7 Å². The van der Waals surface area contributed by atoms with Gasteiger partial charge in [0.25, 0.3) is 11.5 Å². The highest BCUT2D eigenvalue weighted by atomic mass is 35.5. The number of fused-ring (bicyclic) bond motifs is 2. The van der Waals surface area contributed by atoms with Crippen molar-refractivity contribution in [1.29, 1.82) is 0 Å². The predicted molar refractivity (Wildman–Crippen MR) is 181 cm³/mol. The highest BCUT2D eigenvalue weighted by molar-refractivity contribution is 6.37. The van der Waals surface area contributed by atoms with Gasteiger partial charge < -0.3 is 29.6 Å². The summed E-state index contributed by atoms with van der Waals surface area (Å²) in [6.45, 7) is 11.1. The normalized spacial score (nSPS) is 17.8. The van der Waals surface area contributed by atoms with E-state index in [2.05, 4.69) is 34.3 Å². The predicted octanol–water partition coefficient (Wildman–Crippen LogP) is 5.58. The van der Waals surface area contributed by atoms with E-state index in [9.17, 15) is 14.4 Å². The molecule has 2 N–H and O–H groups in total. The summed E-state index contributed by atoms with van der Waals surface area (Å²) < 4.78 is 11.3. The number of halogens is 1. The monoisotopic (exact) mass is 646 g/mol. The van der Waals surface area contributed by atoms with Gasteiger partial charge in [0.15, 0.2) is 0 Å². The number of ether oxygens (including phenoxy) is 2. The number of carbonyl (C=O) groups is 2. The zero-order valence-corrected chi connectivity index (χ0v) is 28.1. The topological polar surface area (TPSA) is 104 Å². The Kier molecular flexibility index (Phi) is 9.02. The van der Waals surface area contributed by atoms with Crippen LogP contribution in [0.1, 0.15) is 70.9 Å². The molecule has 0 bridgehead atoms. The van der Waals surface area contributed by atoms with Gasteiger partial charge in [-0.05, 0) is 93.8 Å². The minimum Gasteiger partial charge on any atom is -0.381 e. The Balaban J connectivity index is 1.45. The molecule has 0 atom stereocenters. The molecule has 9 nitrogen and oxygen atoms in total. The number of rotatable bonds is 7. The van der Waals surface area contributed by atoms with Crippen LogP contribution in [0.2, 0.25) is 5.02 Å². The molecule has 2 aromatic carbocycles. The Morgan fingerprint density at radius 1 is 1.07 bits per heavy atom. The molecule has 2 amide bonds. The average Bonchev–Trinajstić information content (AvgIpc) is 3.23. The number of aromatic nitrogens is 1. The highest BCUT2D eigenvalue weighted by Gasteiger charge is 2.50. The van der Waals surface area contributed by atoms with E-state index in [4.69, 9.17) is 21.1 Å². The Bertz CT molecular complexity index is 1740. The first kappa shape index (κ1) is 32.3. The summed E-state index contributed by atoms with van der Waals surface area (Å²) in [5, 5.41) is 3.32. The van der Waals surface area contributed by atoms with Crippen LogP contribution in [0.5, 0.6) is 0 Å². The molecule has 244 valence electrons. The van der Waals surface area contributed by atoms with E-state index >= 15 is 0 Å². The van der Waals surface area contributed by atoms with Crippen molar-refractivity contribution in [1.82, 2.24) is 10.3 Å². The first-order valence-electron chi connectivity index (χ1n) is 16.2. The maximum absolute atomic E-state index is 14.0. The van der Waals surface area contributed by atoms with Crippen LogP contribution in [-0.4, -0.2) is 62.9 Å². The molecule has 3 aliphatic heterocycles. The fourth-order valence-electron chi connectivity index (χ4n) is 7.62. The van der Waals surface area contributed by atoms with Crippen molar-refractivity contribution in [3.63, 3.8) is 0 Å². The third-order valence-electron chi connectivity index (χ3n) is 10.2. The van der Waals surface area contributed by atoms with Crippen molar-refractivity contribution in [2.45, 2.75) is 71.4 Å². The molecule has 4 heterocycles. The second-order valence-electron chi connectivity index (χ2n) is 12.8. The summed E-state index contributed by atoms with van der Waals surface area (Å²) in [6, 6.07) is 10.3. The minimum atomic E-state index is -0.567. The molecular formula is C36H43ClN4O5. The number of pyridine rings is 1. The van der Waals surface area contributed by atoms with Crippen LogP contribution in [-0.2, 0) is 26.2 Å². The second-order valence-corrected chi connectivity index (χ2v) is 13.2. The van der Waals surface area contributed by atoms with E-state index in [0.717, 1.165) is 64.3 Å². The number of benzene rings is 2. The molecule has 0 radical (unpaired) electrons. The zero-order chi connectivity index (χ0) is 32.7. The SMILES string of the molecule is CCN(c1cc(-c2ccc3c(c2)N(C)C(=O)C32CCOCC2)c(Cl)c(C(=O)NCc2c(C)cc(C)[nH]c2=O)c1C)C1CCOCC1. The number of nitrogens with zero attached hydrogens (tertiary/aromatic N) is 2. The van der Waals surface area contributed by atoms with Crippen LogP contribution in [0, 0.1) is 20.8 Å². The van der Waals surface area contributed by atoms with Crippen molar-refractivity contribution < 1.29 is 19.1 Å². The van der Waals surface area contributed by atoms with Gasteiger partial charge in [-0.25, -0.2) is 0 Å². The third-order valence-corrected chi connectivity index (χ3v) is 10.6. The van der Waals surface area contributed by atoms with Crippen molar-refractivity contribution in [2.24, 2.45) is 0 Å². The van der Waals surface area contributed by atoms with Crippen LogP contribution in [0.3, 0.4) is 0 Å². The smallest absolute Gasteiger partial charge is 0.253 e. The second kappa shape index (κ2) is 12.9. The molecule has 6 rings (SSSR count). The summed E-state index contributed by atoms with van der Waals surface area (Å²) >= 11 is 7.21. The van der Waals surface area contributed by atoms with E-state index in [0.29, 0.717) is 55.4 Å². The Morgan fingerprint density at radius 3 is 2.43 bits per heavy atom. The number of amides is 2. The quantitative estimate of drug-likeness (QED) is 0.347. The molecule has 0 unspecified atom stereocenters. The highest BCUT2D eigenvalue weighted by Crippen LogP contribution is 2.49. The fourth-order valence-corrected chi connectivity index (χ4v) is 8.02. The summed E-state index contributed by atoms with van der Waals surface area (Å²) in [7, 11) is 1.83. The Labute approximate surface area is 275 Å². The van der Waals surface area contributed by atoms with E-state index in [1.807, 2.05) is 46.0 Å². The molecule has 0 saturated carbocycles. The summed E-state index contributed by atoms with van der Waals surface area (Å²) in [4.78, 5) is 47.3. The summed E-state index contributed by atoms with van der Waals surface area (Å²) in [5.74, 6) is -0.251. The first-order chi connectivity index (χ1) is 22.1. The summed E-state index contributed by atoms with van der Waals surface area (Å²) in [6.07, 6.45) is 3.09. The van der Waals surface area contributed by atoms with Crippen molar-refractivity contribution in [3.8, 4) is 11.1 Å². The molecule has 46 heavy (non-hydrogen) atoms. The van der Waals surface area contributed by atoms with E-state index in [1.54, 1.807) is 4.90 Å². The lowest BCUT2D eigenvalue weighted by Gasteiger charge is -2.37. The number of aryl methyl sites for hydroxylation is 2. The standard InChI is InChI=1S/C36H43ClN4O5/c1-6-41(25-9-13-45-14-10-25)29-19-26(24-7-8-28-30(18-24)40(5)35(44)36(28)11-15-46-16-12-36)32(37)31(23(29)4)34(43)38-20-27-21(2)17-22(3)39-33(27)42/h7-8,17-19,25H,6,9-16,20H2,1-5H3,(H,38,43)(H,39,42). The van der Waals surface area contributed by atoms with Crippen LogP contribution in [0.25, 0.3) is 11.1 Å². The number of aromatic amines is 1. The van der Waals surface area contributed by atoms with Gasteiger partial charge in [-0.2, -0.15) is 0 Å². The maximum Gasteiger partial charge on any atom is 0.253 e. The molecule has 3 aliphatic rings. The van der Waals surface area contributed by atoms with Crippen LogP contribution >= 0.6 is 11.6 Å². The molecule has 2 saturated heterocycles. The number of H-pyrrole nitrogens is 1. The number of hydrogen-bond acceptors (Lipinski definition) is 6. The van der Waals surface area contributed by atoms with Crippen LogP contribution in [0.15, 0.2) is 35.1 Å². The van der Waals surface area contributed by atoms with Crippen LogP contribution in [0.4, 0.5) is 11.4 Å². The van der Waals surface area contributed by atoms with Gasteiger partial charge in [-0.3, -0.25) is 14.4 Å². The molecule has 1 spiro atoms. The number of anilines is 2. The minimum absolute atomic E-state index is 0.0740. The Morgan fingerprint density at radius 2 is 1.76 bits per heavy atom. The lowest BCUT2D eigenvalue weighted by atomic mass is 9.75. The van der Waals surface area contributed by atoms with Gasteiger partial charge in [0, 0.05) is 80.8 Å². The number of nitrogens with one attached hydrogen (secondary N) is 2. The number of carbonyl (C=O) groups excluding carboxylic acids is 2. The van der Waals surface area contributed by atoms with Gasteiger partial charge in [-0.15, -0.1) is 0 Å².